The molecule has 19 heavy (non-hydrogen) atoms. The second-order valence-electron chi connectivity index (χ2n) is 4.21. The SMILES string of the molecule is CS(=O)(=O)CCNS(=O)(=O)c1ccc(CCN)cc1. The molecule has 0 fully saturated rings. The van der Waals surface area contributed by atoms with Crippen molar-refractivity contribution < 1.29 is 16.8 Å². The Morgan fingerprint density at radius 1 is 1.11 bits per heavy atom. The first-order valence-electron chi connectivity index (χ1n) is 5.71. The smallest absolute Gasteiger partial charge is 0.240 e. The highest BCUT2D eigenvalue weighted by molar-refractivity contribution is 7.91. The highest BCUT2D eigenvalue weighted by atomic mass is 32.2. The number of hydrogen-bond acceptors (Lipinski definition) is 5. The molecule has 6 nitrogen and oxygen atoms in total. The second kappa shape index (κ2) is 6.47. The van der Waals surface area contributed by atoms with E-state index in [-0.39, 0.29) is 17.2 Å². The Labute approximate surface area is 114 Å². The molecule has 0 aliphatic rings. The molecule has 0 atom stereocenters. The molecule has 8 heteroatoms. The number of sulfonamides is 1. The number of nitrogens with two attached hydrogens (primary N) is 1. The summed E-state index contributed by atoms with van der Waals surface area (Å²) in [5.41, 5.74) is 6.36. The van der Waals surface area contributed by atoms with Gasteiger partial charge >= 0.3 is 0 Å². The summed E-state index contributed by atoms with van der Waals surface area (Å²) in [6.07, 6.45) is 1.74. The molecular formula is C11H18N2O4S2. The van der Waals surface area contributed by atoms with Gasteiger partial charge in [0.05, 0.1) is 10.6 Å². The fraction of sp³-hybridized carbons (Fsp3) is 0.455. The molecule has 0 radical (unpaired) electrons. The summed E-state index contributed by atoms with van der Waals surface area (Å²) in [5, 5.41) is 0. The Morgan fingerprint density at radius 2 is 1.68 bits per heavy atom. The minimum atomic E-state index is -3.66. The van der Waals surface area contributed by atoms with E-state index in [0.29, 0.717) is 13.0 Å². The monoisotopic (exact) mass is 306 g/mol. The minimum absolute atomic E-state index is 0.113. The Morgan fingerprint density at radius 3 is 2.16 bits per heavy atom. The maximum atomic E-state index is 11.9. The summed E-state index contributed by atoms with van der Waals surface area (Å²) in [6, 6.07) is 6.34. The zero-order valence-corrected chi connectivity index (χ0v) is 12.3. The van der Waals surface area contributed by atoms with E-state index in [4.69, 9.17) is 5.73 Å². The minimum Gasteiger partial charge on any atom is -0.330 e. The zero-order valence-electron chi connectivity index (χ0n) is 10.7. The van der Waals surface area contributed by atoms with Gasteiger partial charge in [0, 0.05) is 12.8 Å². The lowest BCUT2D eigenvalue weighted by atomic mass is 10.2. The van der Waals surface area contributed by atoms with Gasteiger partial charge in [-0.2, -0.15) is 0 Å². The molecule has 1 aromatic rings. The molecule has 0 saturated heterocycles. The summed E-state index contributed by atoms with van der Waals surface area (Å²) in [6.45, 7) is 0.366. The molecule has 0 spiro atoms. The Bertz CT molecular complexity index is 607. The maximum Gasteiger partial charge on any atom is 0.240 e. The summed E-state index contributed by atoms with van der Waals surface area (Å²) >= 11 is 0. The van der Waals surface area contributed by atoms with Crippen molar-refractivity contribution in [1.29, 1.82) is 0 Å². The van der Waals surface area contributed by atoms with Gasteiger partial charge in [0.2, 0.25) is 10.0 Å². The van der Waals surface area contributed by atoms with E-state index in [1.165, 1.54) is 12.1 Å². The van der Waals surface area contributed by atoms with E-state index in [2.05, 4.69) is 4.72 Å². The van der Waals surface area contributed by atoms with E-state index in [1.54, 1.807) is 12.1 Å². The highest BCUT2D eigenvalue weighted by Crippen LogP contribution is 2.10. The Hall–Kier alpha value is -0.960. The summed E-state index contributed by atoms with van der Waals surface area (Å²) in [7, 11) is -6.84. The van der Waals surface area contributed by atoms with Gasteiger partial charge in [-0.25, -0.2) is 21.6 Å². The van der Waals surface area contributed by atoms with E-state index in [1.807, 2.05) is 0 Å². The van der Waals surface area contributed by atoms with Crippen LogP contribution in [0.1, 0.15) is 5.56 Å². The average molecular weight is 306 g/mol. The number of benzene rings is 1. The third-order valence-electron chi connectivity index (χ3n) is 2.43. The highest BCUT2D eigenvalue weighted by Gasteiger charge is 2.14. The molecule has 0 unspecified atom stereocenters. The van der Waals surface area contributed by atoms with Crippen LogP contribution in [0.2, 0.25) is 0 Å². The molecule has 0 bridgehead atoms. The average Bonchev–Trinajstić information content (AvgIpc) is 2.28. The van der Waals surface area contributed by atoms with Crippen molar-refractivity contribution in [3.8, 4) is 0 Å². The zero-order chi connectivity index (χ0) is 14.5. The number of sulfone groups is 1. The number of rotatable bonds is 7. The van der Waals surface area contributed by atoms with Gasteiger partial charge in [-0.1, -0.05) is 12.1 Å². The molecular weight excluding hydrogens is 288 g/mol. The van der Waals surface area contributed by atoms with Gasteiger partial charge in [-0.3, -0.25) is 0 Å². The van der Waals surface area contributed by atoms with Crippen LogP contribution < -0.4 is 10.5 Å². The first-order valence-corrected chi connectivity index (χ1v) is 9.25. The van der Waals surface area contributed by atoms with Crippen molar-refractivity contribution >= 4 is 19.9 Å². The van der Waals surface area contributed by atoms with Gasteiger partial charge < -0.3 is 5.73 Å². The molecule has 0 saturated carbocycles. The largest absolute Gasteiger partial charge is 0.330 e. The first-order chi connectivity index (χ1) is 8.74. The lowest BCUT2D eigenvalue weighted by Gasteiger charge is -2.07. The van der Waals surface area contributed by atoms with Crippen LogP contribution in [0.3, 0.4) is 0 Å². The third kappa shape index (κ3) is 5.68. The van der Waals surface area contributed by atoms with E-state index in [0.717, 1.165) is 11.8 Å². The molecule has 0 aromatic heterocycles. The molecule has 0 aliphatic carbocycles. The van der Waals surface area contributed by atoms with Crippen LogP contribution in [0.4, 0.5) is 0 Å². The lowest BCUT2D eigenvalue weighted by molar-refractivity contribution is 0.582. The van der Waals surface area contributed by atoms with Crippen molar-refractivity contribution in [2.75, 3.05) is 25.1 Å². The van der Waals surface area contributed by atoms with Crippen LogP contribution in [0, 0.1) is 0 Å². The van der Waals surface area contributed by atoms with Crippen molar-refractivity contribution in [2.45, 2.75) is 11.3 Å². The van der Waals surface area contributed by atoms with Crippen LogP contribution in [-0.4, -0.2) is 41.9 Å². The quantitative estimate of drug-likeness (QED) is 0.707. The van der Waals surface area contributed by atoms with Crippen molar-refractivity contribution in [3.05, 3.63) is 29.8 Å². The normalized spacial score (nSPS) is 12.5. The third-order valence-corrected chi connectivity index (χ3v) is 4.85. The van der Waals surface area contributed by atoms with Crippen LogP contribution >= 0.6 is 0 Å². The van der Waals surface area contributed by atoms with E-state index >= 15 is 0 Å². The van der Waals surface area contributed by atoms with Crippen LogP contribution in [0.5, 0.6) is 0 Å². The Kier molecular flexibility index (Phi) is 5.48. The van der Waals surface area contributed by atoms with Crippen LogP contribution in [0.25, 0.3) is 0 Å². The summed E-state index contributed by atoms with van der Waals surface area (Å²) in [5.74, 6) is -0.225. The molecule has 1 rings (SSSR count). The fourth-order valence-corrected chi connectivity index (χ4v) is 3.08. The molecule has 0 amide bonds. The topological polar surface area (TPSA) is 106 Å². The Balaban J connectivity index is 2.72. The second-order valence-corrected chi connectivity index (χ2v) is 8.24. The molecule has 1 aromatic carbocycles. The van der Waals surface area contributed by atoms with E-state index < -0.39 is 19.9 Å². The van der Waals surface area contributed by atoms with Gasteiger partial charge in [0.1, 0.15) is 9.84 Å². The number of hydrogen-bond donors (Lipinski definition) is 2. The van der Waals surface area contributed by atoms with E-state index in [9.17, 15) is 16.8 Å². The van der Waals surface area contributed by atoms with Gasteiger partial charge in [0.15, 0.2) is 0 Å². The summed E-state index contributed by atoms with van der Waals surface area (Å²) in [4.78, 5) is 0.113. The predicted octanol–water partition coefficient (Wildman–Crippen LogP) is -0.489. The fourth-order valence-electron chi connectivity index (χ4n) is 1.45. The predicted molar refractivity (Wildman–Crippen MR) is 74.1 cm³/mol. The maximum absolute atomic E-state index is 11.9. The lowest BCUT2D eigenvalue weighted by Crippen LogP contribution is -2.28. The van der Waals surface area contributed by atoms with Crippen LogP contribution in [-0.2, 0) is 26.3 Å². The number of nitrogens with one attached hydrogen (secondary N) is 1. The van der Waals surface area contributed by atoms with Gasteiger partial charge in [-0.15, -0.1) is 0 Å². The molecule has 108 valence electrons. The summed E-state index contributed by atoms with van der Waals surface area (Å²) < 4.78 is 47.8. The van der Waals surface area contributed by atoms with Crippen LogP contribution in [0.15, 0.2) is 29.2 Å². The van der Waals surface area contributed by atoms with Crippen molar-refractivity contribution in [3.63, 3.8) is 0 Å². The van der Waals surface area contributed by atoms with Gasteiger partial charge in [0.25, 0.3) is 0 Å². The molecule has 0 heterocycles. The van der Waals surface area contributed by atoms with Gasteiger partial charge in [-0.05, 0) is 30.7 Å². The first kappa shape index (κ1) is 16.1. The van der Waals surface area contributed by atoms with Crippen molar-refractivity contribution in [2.24, 2.45) is 5.73 Å². The molecule has 0 aliphatic heterocycles. The molecule has 3 N–H and O–H groups in total. The van der Waals surface area contributed by atoms with Crippen molar-refractivity contribution in [1.82, 2.24) is 4.72 Å². The standard InChI is InChI=1S/C11H18N2O4S2/c1-18(14,15)9-8-13-19(16,17)11-4-2-10(3-5-11)6-7-12/h2-5,13H,6-9,12H2,1H3.